The van der Waals surface area contributed by atoms with Crippen LogP contribution in [-0.4, -0.2) is 55.1 Å². The average Bonchev–Trinajstić information content (AvgIpc) is 2.71. The lowest BCUT2D eigenvalue weighted by atomic mass is 9.95. The first-order valence-corrected chi connectivity index (χ1v) is 9.92. The van der Waals surface area contributed by atoms with Crippen molar-refractivity contribution in [2.24, 2.45) is 5.92 Å². The second-order valence-electron chi connectivity index (χ2n) is 7.48. The highest BCUT2D eigenvalue weighted by Crippen LogP contribution is 2.30. The molecule has 28 heavy (non-hydrogen) atoms. The lowest BCUT2D eigenvalue weighted by molar-refractivity contribution is -0.125. The van der Waals surface area contributed by atoms with Crippen molar-refractivity contribution >= 4 is 11.6 Å². The molecule has 3 rings (SSSR count). The molecule has 0 spiro atoms. The highest BCUT2D eigenvalue weighted by molar-refractivity contribution is 5.79. The number of hydrogen-bond acceptors (Lipinski definition) is 4. The van der Waals surface area contributed by atoms with Gasteiger partial charge in [0.25, 0.3) is 11.9 Å². The number of likely N-dealkylation sites (tertiary alicyclic amines) is 1. The van der Waals surface area contributed by atoms with E-state index in [-0.39, 0.29) is 24.9 Å². The Hall–Kier alpha value is -1.90. The first kappa shape index (κ1) is 20.8. The molecule has 3 heterocycles. The van der Waals surface area contributed by atoms with Crippen LogP contribution < -0.4 is 10.2 Å². The molecular weight excluding hydrogens is 376 g/mol. The zero-order valence-electron chi connectivity index (χ0n) is 15.8. The predicted molar refractivity (Wildman–Crippen MR) is 96.9 cm³/mol. The summed E-state index contributed by atoms with van der Waals surface area (Å²) < 4.78 is 54.3. The van der Waals surface area contributed by atoms with Crippen molar-refractivity contribution in [3.63, 3.8) is 0 Å². The second kappa shape index (κ2) is 9.54. The quantitative estimate of drug-likeness (QED) is 0.452. The predicted octanol–water partition coefficient (Wildman–Crippen LogP) is 2.85. The SMILES string of the molecule is O=C(NCCCN1CCCCC1)C1CCN(c2c(F)c(F)nc(F)c2F)CC1. The van der Waals surface area contributed by atoms with Gasteiger partial charge in [0.1, 0.15) is 5.69 Å². The van der Waals surface area contributed by atoms with Crippen molar-refractivity contribution in [1.29, 1.82) is 0 Å². The molecule has 0 atom stereocenters. The van der Waals surface area contributed by atoms with Crippen LogP contribution in [0.3, 0.4) is 0 Å². The fraction of sp³-hybridized carbons (Fsp3) is 0.684. The molecule has 2 saturated heterocycles. The molecule has 1 N–H and O–H groups in total. The van der Waals surface area contributed by atoms with Crippen molar-refractivity contribution < 1.29 is 22.4 Å². The number of anilines is 1. The van der Waals surface area contributed by atoms with E-state index >= 15 is 0 Å². The molecule has 2 aliphatic heterocycles. The Kier molecular flexibility index (Phi) is 7.09. The number of carbonyl (C=O) groups is 1. The Morgan fingerprint density at radius 3 is 2.18 bits per heavy atom. The van der Waals surface area contributed by atoms with Crippen LogP contribution in [0.5, 0.6) is 0 Å². The second-order valence-corrected chi connectivity index (χ2v) is 7.48. The number of amides is 1. The van der Waals surface area contributed by atoms with Gasteiger partial charge < -0.3 is 15.1 Å². The van der Waals surface area contributed by atoms with Crippen LogP contribution in [0, 0.1) is 29.4 Å². The third-order valence-electron chi connectivity index (χ3n) is 5.56. The standard InChI is InChI=1S/C19H26F4N4O/c20-14-16(15(21)18(23)25-17(14)22)27-11-5-13(6-12-27)19(28)24-7-4-10-26-8-2-1-3-9-26/h13H,1-12H2,(H,24,28). The zero-order chi connectivity index (χ0) is 20.1. The molecule has 5 nitrogen and oxygen atoms in total. The largest absolute Gasteiger partial charge is 0.366 e. The van der Waals surface area contributed by atoms with Crippen LogP contribution in [-0.2, 0) is 4.79 Å². The smallest absolute Gasteiger partial charge is 0.253 e. The number of rotatable bonds is 6. The summed E-state index contributed by atoms with van der Waals surface area (Å²) in [5, 5.41) is 2.93. The molecule has 1 aromatic heterocycles. The molecule has 0 saturated carbocycles. The van der Waals surface area contributed by atoms with Gasteiger partial charge in [-0.25, -0.2) is 0 Å². The Morgan fingerprint density at radius 2 is 1.57 bits per heavy atom. The van der Waals surface area contributed by atoms with E-state index in [9.17, 15) is 22.4 Å². The Morgan fingerprint density at radius 1 is 0.964 bits per heavy atom. The summed E-state index contributed by atoms with van der Waals surface area (Å²) in [5.74, 6) is -6.68. The monoisotopic (exact) mass is 402 g/mol. The third-order valence-corrected chi connectivity index (χ3v) is 5.56. The number of piperidine rings is 2. The molecule has 0 radical (unpaired) electrons. The fourth-order valence-corrected chi connectivity index (χ4v) is 3.96. The van der Waals surface area contributed by atoms with Gasteiger partial charge in [0.05, 0.1) is 0 Å². The lowest BCUT2D eigenvalue weighted by Gasteiger charge is -2.33. The van der Waals surface area contributed by atoms with Crippen LogP contribution in [0.4, 0.5) is 23.2 Å². The van der Waals surface area contributed by atoms with Gasteiger partial charge in [0.15, 0.2) is 0 Å². The van der Waals surface area contributed by atoms with Gasteiger partial charge in [0, 0.05) is 25.6 Å². The van der Waals surface area contributed by atoms with Gasteiger partial charge in [-0.3, -0.25) is 4.79 Å². The molecule has 0 aromatic carbocycles. The van der Waals surface area contributed by atoms with Crippen LogP contribution >= 0.6 is 0 Å². The van der Waals surface area contributed by atoms with Crippen molar-refractivity contribution in [2.45, 2.75) is 38.5 Å². The first-order chi connectivity index (χ1) is 13.5. The number of nitrogens with one attached hydrogen (secondary N) is 1. The molecule has 2 aliphatic rings. The molecule has 0 unspecified atom stereocenters. The minimum atomic E-state index is -1.66. The molecule has 0 bridgehead atoms. The summed E-state index contributed by atoms with van der Waals surface area (Å²) in [6, 6.07) is 0. The normalized spacial score (nSPS) is 19.1. The van der Waals surface area contributed by atoms with E-state index in [2.05, 4.69) is 15.2 Å². The minimum Gasteiger partial charge on any atom is -0.366 e. The van der Waals surface area contributed by atoms with Gasteiger partial charge >= 0.3 is 0 Å². The number of aromatic nitrogens is 1. The van der Waals surface area contributed by atoms with Gasteiger partial charge in [0.2, 0.25) is 17.5 Å². The molecule has 9 heteroatoms. The summed E-state index contributed by atoms with van der Waals surface area (Å²) in [4.78, 5) is 18.5. The topological polar surface area (TPSA) is 48.5 Å². The number of halogens is 4. The van der Waals surface area contributed by atoms with Crippen LogP contribution in [0.1, 0.15) is 38.5 Å². The van der Waals surface area contributed by atoms with E-state index in [1.165, 1.54) is 24.2 Å². The fourth-order valence-electron chi connectivity index (χ4n) is 3.96. The molecule has 0 aliphatic carbocycles. The summed E-state index contributed by atoms with van der Waals surface area (Å²) >= 11 is 0. The summed E-state index contributed by atoms with van der Waals surface area (Å²) in [7, 11) is 0. The maximum Gasteiger partial charge on any atom is 0.253 e. The number of hydrogen-bond donors (Lipinski definition) is 1. The molecule has 2 fully saturated rings. The molecule has 156 valence electrons. The third kappa shape index (κ3) is 4.92. The first-order valence-electron chi connectivity index (χ1n) is 9.92. The van der Waals surface area contributed by atoms with E-state index in [1.807, 2.05) is 0 Å². The zero-order valence-corrected chi connectivity index (χ0v) is 15.8. The summed E-state index contributed by atoms with van der Waals surface area (Å²) in [6.07, 6.45) is 5.37. The maximum atomic E-state index is 13.9. The van der Waals surface area contributed by atoms with Crippen LogP contribution in [0.15, 0.2) is 0 Å². The molecular formula is C19H26F4N4O. The van der Waals surface area contributed by atoms with E-state index < -0.39 is 29.2 Å². The van der Waals surface area contributed by atoms with Gasteiger partial charge in [-0.15, -0.1) is 0 Å². The lowest BCUT2D eigenvalue weighted by Crippen LogP contribution is -2.42. The van der Waals surface area contributed by atoms with Crippen molar-refractivity contribution in [3.8, 4) is 0 Å². The van der Waals surface area contributed by atoms with E-state index in [4.69, 9.17) is 0 Å². The number of pyridine rings is 1. The number of nitrogens with zero attached hydrogens (tertiary/aromatic N) is 3. The van der Waals surface area contributed by atoms with E-state index in [1.54, 1.807) is 0 Å². The van der Waals surface area contributed by atoms with Gasteiger partial charge in [-0.05, 0) is 51.7 Å². The van der Waals surface area contributed by atoms with Crippen molar-refractivity contribution in [3.05, 3.63) is 23.5 Å². The highest BCUT2D eigenvalue weighted by atomic mass is 19.2. The number of carbonyl (C=O) groups excluding carboxylic acids is 1. The minimum absolute atomic E-state index is 0.0775. The Labute approximate surface area is 162 Å². The van der Waals surface area contributed by atoms with Gasteiger partial charge in [-0.2, -0.15) is 22.5 Å². The van der Waals surface area contributed by atoms with E-state index in [0.717, 1.165) is 26.1 Å². The van der Waals surface area contributed by atoms with Crippen LogP contribution in [0.25, 0.3) is 0 Å². The highest BCUT2D eigenvalue weighted by Gasteiger charge is 2.30. The Bertz CT molecular complexity index is 663. The molecule has 1 amide bonds. The maximum absolute atomic E-state index is 13.9. The van der Waals surface area contributed by atoms with Crippen molar-refractivity contribution in [2.75, 3.05) is 44.2 Å². The van der Waals surface area contributed by atoms with Crippen LogP contribution in [0.2, 0.25) is 0 Å². The summed E-state index contributed by atoms with van der Waals surface area (Å²) in [6.45, 7) is 4.09. The average molecular weight is 402 g/mol. The van der Waals surface area contributed by atoms with Gasteiger partial charge in [-0.1, -0.05) is 6.42 Å². The van der Waals surface area contributed by atoms with Crippen molar-refractivity contribution in [1.82, 2.24) is 15.2 Å². The molecule has 1 aromatic rings. The Balaban J connectivity index is 1.44. The summed E-state index contributed by atoms with van der Waals surface area (Å²) in [5.41, 5.74) is -0.745. The van der Waals surface area contributed by atoms with E-state index in [0.29, 0.717) is 19.4 Å².